The Balaban J connectivity index is 2.37. The van der Waals surface area contributed by atoms with Gasteiger partial charge in [0.1, 0.15) is 0 Å². The van der Waals surface area contributed by atoms with Gasteiger partial charge in [-0.1, -0.05) is 24.9 Å². The van der Waals surface area contributed by atoms with Crippen molar-refractivity contribution in [2.75, 3.05) is 13.2 Å². The fourth-order valence-corrected chi connectivity index (χ4v) is 3.03. The number of rotatable bonds is 8. The largest absolute Gasteiger partial charge is 0.396 e. The number of nitrogens with one attached hydrogen (secondary N) is 1. The fourth-order valence-electron chi connectivity index (χ4n) is 1.94. The van der Waals surface area contributed by atoms with Crippen molar-refractivity contribution in [3.63, 3.8) is 0 Å². The Labute approximate surface area is 113 Å². The first kappa shape index (κ1) is 15.0. The van der Waals surface area contributed by atoms with Gasteiger partial charge in [-0.05, 0) is 44.4 Å². The molecule has 2 unspecified atom stereocenters. The minimum Gasteiger partial charge on any atom is -0.396 e. The van der Waals surface area contributed by atoms with Crippen molar-refractivity contribution in [1.82, 2.24) is 5.32 Å². The molecule has 0 amide bonds. The first-order valence-electron chi connectivity index (χ1n) is 6.26. The summed E-state index contributed by atoms with van der Waals surface area (Å²) in [7, 11) is 0. The van der Waals surface area contributed by atoms with E-state index in [1.54, 1.807) is 11.3 Å². The quantitative estimate of drug-likeness (QED) is 0.755. The summed E-state index contributed by atoms with van der Waals surface area (Å²) in [5.74, 6) is 0.572. The molecule has 0 bridgehead atoms. The molecule has 0 aromatic carbocycles. The first-order valence-corrected chi connectivity index (χ1v) is 7.46. The minimum absolute atomic E-state index is 0.283. The average molecular weight is 276 g/mol. The van der Waals surface area contributed by atoms with E-state index in [2.05, 4.69) is 25.2 Å². The fraction of sp³-hybridized carbons (Fsp3) is 0.692. The molecule has 2 N–H and O–H groups in total. The van der Waals surface area contributed by atoms with E-state index in [-0.39, 0.29) is 6.61 Å². The molecule has 1 rings (SSSR count). The molecule has 0 aliphatic heterocycles. The van der Waals surface area contributed by atoms with Gasteiger partial charge < -0.3 is 10.4 Å². The van der Waals surface area contributed by atoms with Crippen molar-refractivity contribution in [1.29, 1.82) is 0 Å². The van der Waals surface area contributed by atoms with Crippen molar-refractivity contribution in [3.05, 3.63) is 21.3 Å². The molecule has 0 aliphatic carbocycles. The highest BCUT2D eigenvalue weighted by Gasteiger charge is 2.11. The summed E-state index contributed by atoms with van der Waals surface area (Å²) in [4.78, 5) is 1.27. The third-order valence-electron chi connectivity index (χ3n) is 2.97. The zero-order valence-electron chi connectivity index (χ0n) is 10.6. The van der Waals surface area contributed by atoms with Crippen LogP contribution >= 0.6 is 22.9 Å². The number of hydrogen-bond acceptors (Lipinski definition) is 3. The van der Waals surface area contributed by atoms with Crippen LogP contribution in [0.1, 0.15) is 44.0 Å². The predicted octanol–water partition coefficient (Wildman–Crippen LogP) is 3.85. The minimum atomic E-state index is 0.283. The van der Waals surface area contributed by atoms with Crippen LogP contribution in [0.5, 0.6) is 0 Å². The van der Waals surface area contributed by atoms with Gasteiger partial charge in [-0.25, -0.2) is 0 Å². The number of thiophene rings is 1. The number of aliphatic hydroxyl groups excluding tert-OH is 1. The number of hydrogen-bond donors (Lipinski definition) is 2. The van der Waals surface area contributed by atoms with Gasteiger partial charge in [-0.3, -0.25) is 0 Å². The van der Waals surface area contributed by atoms with Gasteiger partial charge in [-0.2, -0.15) is 0 Å². The Morgan fingerprint density at radius 3 is 2.71 bits per heavy atom. The highest BCUT2D eigenvalue weighted by Crippen LogP contribution is 2.26. The summed E-state index contributed by atoms with van der Waals surface area (Å²) in [6, 6.07) is 4.35. The zero-order chi connectivity index (χ0) is 12.7. The van der Waals surface area contributed by atoms with Crippen LogP contribution in [-0.4, -0.2) is 18.3 Å². The third kappa shape index (κ3) is 5.38. The summed E-state index contributed by atoms with van der Waals surface area (Å²) >= 11 is 7.55. The molecule has 0 saturated heterocycles. The molecule has 4 heteroatoms. The zero-order valence-corrected chi connectivity index (χ0v) is 12.2. The molecule has 0 saturated carbocycles. The Morgan fingerprint density at radius 1 is 1.41 bits per heavy atom. The number of halogens is 1. The lowest BCUT2D eigenvalue weighted by atomic mass is 10.00. The van der Waals surface area contributed by atoms with Gasteiger partial charge in [-0.15, -0.1) is 11.3 Å². The normalized spacial score (nSPS) is 14.8. The molecule has 1 aromatic rings. The van der Waals surface area contributed by atoms with Crippen LogP contribution < -0.4 is 5.32 Å². The van der Waals surface area contributed by atoms with Gasteiger partial charge in [0.25, 0.3) is 0 Å². The maximum Gasteiger partial charge on any atom is 0.0931 e. The molecule has 98 valence electrons. The van der Waals surface area contributed by atoms with E-state index in [9.17, 15) is 0 Å². The van der Waals surface area contributed by atoms with E-state index in [1.807, 2.05) is 6.07 Å². The summed E-state index contributed by atoms with van der Waals surface area (Å²) in [6.45, 7) is 5.59. The lowest BCUT2D eigenvalue weighted by Crippen LogP contribution is -2.26. The summed E-state index contributed by atoms with van der Waals surface area (Å²) in [5.41, 5.74) is 0. The van der Waals surface area contributed by atoms with Gasteiger partial charge >= 0.3 is 0 Å². The van der Waals surface area contributed by atoms with E-state index in [0.717, 1.165) is 17.3 Å². The topological polar surface area (TPSA) is 32.3 Å². The van der Waals surface area contributed by atoms with Crippen molar-refractivity contribution >= 4 is 22.9 Å². The van der Waals surface area contributed by atoms with Gasteiger partial charge in [0, 0.05) is 17.5 Å². The number of aliphatic hydroxyl groups is 1. The van der Waals surface area contributed by atoms with E-state index in [1.165, 1.54) is 17.7 Å². The van der Waals surface area contributed by atoms with Crippen LogP contribution in [0.3, 0.4) is 0 Å². The molecular weight excluding hydrogens is 254 g/mol. The highest BCUT2D eigenvalue weighted by molar-refractivity contribution is 7.16. The molecule has 1 heterocycles. The van der Waals surface area contributed by atoms with E-state index in [0.29, 0.717) is 12.0 Å². The van der Waals surface area contributed by atoms with Crippen LogP contribution in [0.2, 0.25) is 4.34 Å². The highest BCUT2D eigenvalue weighted by atomic mass is 35.5. The maximum atomic E-state index is 9.01. The molecule has 2 nitrogen and oxygen atoms in total. The molecule has 0 spiro atoms. The lowest BCUT2D eigenvalue weighted by molar-refractivity contribution is 0.246. The van der Waals surface area contributed by atoms with Crippen LogP contribution in [0.4, 0.5) is 0 Å². The molecule has 0 radical (unpaired) electrons. The molecule has 2 atom stereocenters. The van der Waals surface area contributed by atoms with Crippen LogP contribution in [0, 0.1) is 5.92 Å². The smallest absolute Gasteiger partial charge is 0.0931 e. The monoisotopic (exact) mass is 275 g/mol. The first-order chi connectivity index (χ1) is 8.17. The van der Waals surface area contributed by atoms with Crippen molar-refractivity contribution < 1.29 is 5.11 Å². The van der Waals surface area contributed by atoms with Crippen molar-refractivity contribution in [2.45, 2.75) is 39.2 Å². The molecule has 0 aliphatic rings. The second-order valence-electron chi connectivity index (χ2n) is 4.44. The van der Waals surface area contributed by atoms with Crippen LogP contribution in [-0.2, 0) is 0 Å². The average Bonchev–Trinajstić information content (AvgIpc) is 2.73. The molecule has 17 heavy (non-hydrogen) atoms. The maximum absolute atomic E-state index is 9.01. The summed E-state index contributed by atoms with van der Waals surface area (Å²) in [5, 5.41) is 12.5. The van der Waals surface area contributed by atoms with Gasteiger partial charge in [0.2, 0.25) is 0 Å². The van der Waals surface area contributed by atoms with Crippen LogP contribution in [0.25, 0.3) is 0 Å². The molecular formula is C13H22ClNOS. The van der Waals surface area contributed by atoms with Crippen LogP contribution in [0.15, 0.2) is 12.1 Å². The van der Waals surface area contributed by atoms with Gasteiger partial charge in [0.15, 0.2) is 0 Å². The lowest BCUT2D eigenvalue weighted by Gasteiger charge is -2.19. The molecule has 1 aromatic heterocycles. The Kier molecular flexibility index (Phi) is 7.12. The van der Waals surface area contributed by atoms with E-state index in [4.69, 9.17) is 16.7 Å². The standard InChI is InChI=1S/C13H22ClNOS/c1-3-4-11(7-8-16)9-15-10(2)12-5-6-13(14)17-12/h5-6,10-11,15-16H,3-4,7-9H2,1-2H3. The van der Waals surface area contributed by atoms with E-state index >= 15 is 0 Å². The predicted molar refractivity (Wildman–Crippen MR) is 75.8 cm³/mol. The summed E-state index contributed by atoms with van der Waals surface area (Å²) < 4.78 is 0.842. The van der Waals surface area contributed by atoms with Crippen molar-refractivity contribution in [2.24, 2.45) is 5.92 Å². The SMILES string of the molecule is CCCC(CCO)CNC(C)c1ccc(Cl)s1. The Hall–Kier alpha value is -0.0900. The second-order valence-corrected chi connectivity index (χ2v) is 6.19. The third-order valence-corrected chi connectivity index (χ3v) is 4.38. The summed E-state index contributed by atoms with van der Waals surface area (Å²) in [6.07, 6.45) is 3.23. The Morgan fingerprint density at radius 2 is 2.18 bits per heavy atom. The molecule has 0 fully saturated rings. The second kappa shape index (κ2) is 8.09. The van der Waals surface area contributed by atoms with Gasteiger partial charge in [0.05, 0.1) is 4.34 Å². The Bertz CT molecular complexity index is 310. The van der Waals surface area contributed by atoms with E-state index < -0.39 is 0 Å². The van der Waals surface area contributed by atoms with Crippen molar-refractivity contribution in [3.8, 4) is 0 Å².